The Labute approximate surface area is 83.5 Å². The molecule has 0 rings (SSSR count). The highest BCUT2D eigenvalue weighted by Crippen LogP contribution is 2.30. The molecule has 0 radical (unpaired) electrons. The van der Waals surface area contributed by atoms with Gasteiger partial charge >= 0.3 is 0 Å². The normalized spacial score (nSPS) is 15.3. The Morgan fingerprint density at radius 3 is 2.27 bits per heavy atom. The summed E-state index contributed by atoms with van der Waals surface area (Å²) in [5, 5.41) is 1.30. The Balaban J connectivity index is 4.20. The van der Waals surface area contributed by atoms with Gasteiger partial charge in [0.2, 0.25) is 0 Å². The first kappa shape index (κ1) is 11.5. The van der Waals surface area contributed by atoms with Crippen LogP contribution in [0.5, 0.6) is 0 Å². The van der Waals surface area contributed by atoms with Crippen molar-refractivity contribution in [1.29, 1.82) is 0 Å². The maximum Gasteiger partial charge on any atom is 0.269 e. The van der Waals surface area contributed by atoms with Crippen molar-refractivity contribution in [3.8, 4) is 0 Å². The molecule has 5 heteroatoms. The van der Waals surface area contributed by atoms with Gasteiger partial charge in [-0.1, -0.05) is 53.0 Å². The van der Waals surface area contributed by atoms with Gasteiger partial charge in [0.25, 0.3) is 3.12 Å². The average Bonchev–Trinajstić information content (AvgIpc) is 1.80. The molecule has 0 aliphatic heterocycles. The topological polar surface area (TPSA) is 17.1 Å². The molecule has 0 fully saturated rings. The molecule has 1 unspecified atom stereocenters. The molecule has 0 bridgehead atoms. The van der Waals surface area contributed by atoms with E-state index in [1.165, 1.54) is 11.5 Å². The monoisotopic (exact) mass is 232 g/mol. The highest BCUT2D eigenvalue weighted by molar-refractivity contribution is 7.93. The summed E-state index contributed by atoms with van der Waals surface area (Å²) in [5.41, 5.74) is 0.757. The second-order valence-corrected chi connectivity index (χ2v) is 6.33. The third-order valence-electron chi connectivity index (χ3n) is 0.704. The molecule has 0 aromatic heterocycles. The molecule has 0 spiro atoms. The highest BCUT2D eigenvalue weighted by atomic mass is 35.6. The second-order valence-electron chi connectivity index (χ2n) is 1.89. The molecule has 0 aromatic carbocycles. The van der Waals surface area contributed by atoms with E-state index in [0.717, 1.165) is 5.57 Å². The summed E-state index contributed by atoms with van der Waals surface area (Å²) in [6.07, 6.45) is 1.54. The van der Waals surface area contributed by atoms with E-state index in [1.54, 1.807) is 6.92 Å². The van der Waals surface area contributed by atoms with Crippen molar-refractivity contribution in [2.24, 2.45) is 0 Å². The first-order valence-electron chi connectivity index (χ1n) is 2.65. The summed E-state index contributed by atoms with van der Waals surface area (Å²) >= 11 is 16.0. The molecule has 0 aliphatic carbocycles. The lowest BCUT2D eigenvalue weighted by Gasteiger charge is -2.04. The number of hydrogen-bond donors (Lipinski definition) is 0. The molecule has 0 heterocycles. The summed E-state index contributed by atoms with van der Waals surface area (Å²) in [6, 6.07) is 0. The van der Waals surface area contributed by atoms with Gasteiger partial charge in [-0.3, -0.25) is 4.21 Å². The van der Waals surface area contributed by atoms with Gasteiger partial charge in [0, 0.05) is 5.41 Å². The van der Waals surface area contributed by atoms with Crippen LogP contribution in [0.2, 0.25) is 0 Å². The van der Waals surface area contributed by atoms with E-state index in [-0.39, 0.29) is 0 Å². The predicted molar refractivity (Wildman–Crippen MR) is 52.4 cm³/mol. The van der Waals surface area contributed by atoms with E-state index in [2.05, 4.69) is 6.58 Å². The zero-order valence-corrected chi connectivity index (χ0v) is 8.90. The smallest absolute Gasteiger partial charge is 0.250 e. The van der Waals surface area contributed by atoms with Crippen LogP contribution in [0.3, 0.4) is 0 Å². The number of alkyl halides is 3. The average molecular weight is 234 g/mol. The van der Waals surface area contributed by atoms with Gasteiger partial charge in [0.1, 0.15) is 0 Å². The Morgan fingerprint density at radius 2 is 2.00 bits per heavy atom. The van der Waals surface area contributed by atoms with Crippen LogP contribution in [0, 0.1) is 0 Å². The van der Waals surface area contributed by atoms with E-state index < -0.39 is 13.9 Å². The van der Waals surface area contributed by atoms with E-state index >= 15 is 0 Å². The van der Waals surface area contributed by atoms with Crippen LogP contribution >= 0.6 is 34.8 Å². The number of halogens is 3. The largest absolute Gasteiger partial charge is 0.269 e. The Bertz CT molecular complexity index is 204. The predicted octanol–water partition coefficient (Wildman–Crippen LogP) is 3.15. The van der Waals surface area contributed by atoms with Gasteiger partial charge in [0.15, 0.2) is 0 Å². The van der Waals surface area contributed by atoms with Crippen molar-refractivity contribution in [2.45, 2.75) is 10.0 Å². The minimum absolute atomic E-state index is 0.757. The van der Waals surface area contributed by atoms with E-state index in [0.29, 0.717) is 0 Å². The highest BCUT2D eigenvalue weighted by Gasteiger charge is 2.26. The Morgan fingerprint density at radius 1 is 1.55 bits per heavy atom. The first-order valence-corrected chi connectivity index (χ1v) is 5.00. The molecule has 0 saturated carbocycles. The number of allylic oxidation sites excluding steroid dienone is 2. The zero-order chi connectivity index (χ0) is 9.07. The summed E-state index contributed by atoms with van der Waals surface area (Å²) in [6.45, 7) is 5.31. The van der Waals surface area contributed by atoms with E-state index in [4.69, 9.17) is 34.8 Å². The van der Waals surface area contributed by atoms with Gasteiger partial charge in [0.05, 0.1) is 10.8 Å². The van der Waals surface area contributed by atoms with Crippen molar-refractivity contribution in [2.75, 3.05) is 0 Å². The van der Waals surface area contributed by atoms with Crippen LogP contribution in [0.4, 0.5) is 0 Å². The summed E-state index contributed by atoms with van der Waals surface area (Å²) in [5.74, 6) is 0. The van der Waals surface area contributed by atoms with E-state index in [9.17, 15) is 4.21 Å². The standard InChI is InChI=1S/C6H7Cl3OS/c1-5(2)3-4-11(10)6(7,8)9/h3-4H,1H2,2H3/b4-3+. The molecular formula is C6H7Cl3OS. The number of hydrogen-bond acceptors (Lipinski definition) is 1. The zero-order valence-electron chi connectivity index (χ0n) is 5.81. The molecular weight excluding hydrogens is 226 g/mol. The van der Waals surface area contributed by atoms with Crippen LogP contribution in [0.25, 0.3) is 0 Å². The minimum Gasteiger partial charge on any atom is -0.250 e. The SMILES string of the molecule is C=C(C)/C=C/S(=O)C(Cl)(Cl)Cl. The van der Waals surface area contributed by atoms with Gasteiger partial charge in [-0.2, -0.15) is 0 Å². The molecule has 0 amide bonds. The van der Waals surface area contributed by atoms with Crippen molar-refractivity contribution in [3.05, 3.63) is 23.6 Å². The Kier molecular flexibility index (Phi) is 4.71. The van der Waals surface area contributed by atoms with Gasteiger partial charge in [-0.05, 0) is 6.92 Å². The molecule has 64 valence electrons. The Hall–Kier alpha value is 0.500. The fraction of sp³-hybridized carbons (Fsp3) is 0.333. The van der Waals surface area contributed by atoms with Crippen molar-refractivity contribution in [1.82, 2.24) is 0 Å². The third kappa shape index (κ3) is 5.74. The molecule has 0 N–H and O–H groups in total. The fourth-order valence-corrected chi connectivity index (χ4v) is 1.23. The molecule has 11 heavy (non-hydrogen) atoms. The summed E-state index contributed by atoms with van der Waals surface area (Å²) < 4.78 is 9.21. The van der Waals surface area contributed by atoms with Crippen molar-refractivity contribution < 1.29 is 4.21 Å². The van der Waals surface area contributed by atoms with Crippen molar-refractivity contribution >= 4 is 45.6 Å². The van der Waals surface area contributed by atoms with E-state index in [1.807, 2.05) is 0 Å². The quantitative estimate of drug-likeness (QED) is 0.529. The van der Waals surface area contributed by atoms with Gasteiger partial charge < -0.3 is 0 Å². The van der Waals surface area contributed by atoms with Crippen LogP contribution in [-0.2, 0) is 10.8 Å². The minimum atomic E-state index is -1.74. The molecule has 0 saturated heterocycles. The van der Waals surface area contributed by atoms with Crippen LogP contribution in [0.15, 0.2) is 23.6 Å². The lowest BCUT2D eigenvalue weighted by Crippen LogP contribution is -2.08. The van der Waals surface area contributed by atoms with Crippen LogP contribution < -0.4 is 0 Å². The van der Waals surface area contributed by atoms with Gasteiger partial charge in [-0.15, -0.1) is 0 Å². The van der Waals surface area contributed by atoms with Crippen molar-refractivity contribution in [3.63, 3.8) is 0 Å². The van der Waals surface area contributed by atoms with Crippen LogP contribution in [-0.4, -0.2) is 7.33 Å². The maximum atomic E-state index is 11.0. The number of rotatable bonds is 2. The molecule has 1 nitrogen and oxygen atoms in total. The fourth-order valence-electron chi connectivity index (χ4n) is 0.255. The summed E-state index contributed by atoms with van der Waals surface area (Å²) in [7, 11) is -1.60. The van der Waals surface area contributed by atoms with Gasteiger partial charge in [-0.25, -0.2) is 0 Å². The lowest BCUT2D eigenvalue weighted by molar-refractivity contribution is 0.688. The molecule has 0 aromatic rings. The first-order chi connectivity index (χ1) is 4.84. The maximum absolute atomic E-state index is 11.0. The second kappa shape index (κ2) is 4.51. The van der Waals surface area contributed by atoms with Crippen LogP contribution in [0.1, 0.15) is 6.92 Å². The lowest BCUT2D eigenvalue weighted by atomic mass is 10.4. The molecule has 1 atom stereocenters. The third-order valence-corrected chi connectivity index (χ3v) is 2.91. The summed E-state index contributed by atoms with van der Waals surface area (Å²) in [4.78, 5) is 0. The molecule has 0 aliphatic rings.